The van der Waals surface area contributed by atoms with Crippen LogP contribution in [0.15, 0.2) is 23.2 Å². The number of hydrogen-bond donors (Lipinski definition) is 2. The molecule has 80 valence electrons. The van der Waals surface area contributed by atoms with Gasteiger partial charge in [-0.05, 0) is 12.1 Å². The molecule has 0 saturated carbocycles. The fourth-order valence-corrected chi connectivity index (χ4v) is 2.14. The first-order chi connectivity index (χ1) is 7.24. The predicted octanol–water partition coefficient (Wildman–Crippen LogP) is 1.63. The van der Waals surface area contributed by atoms with Crippen LogP contribution in [0.5, 0.6) is 0 Å². The maximum absolute atomic E-state index is 6.08. The van der Waals surface area contributed by atoms with E-state index in [4.69, 9.17) is 29.0 Å². The minimum absolute atomic E-state index is 0.588. The second kappa shape index (κ2) is 4.26. The van der Waals surface area contributed by atoms with Crippen LogP contribution in [0.2, 0.25) is 10.0 Å². The van der Waals surface area contributed by atoms with Crippen LogP contribution in [-0.4, -0.2) is 19.0 Å². The quantitative estimate of drug-likeness (QED) is 0.584. The Kier molecular flexibility index (Phi) is 3.00. The van der Waals surface area contributed by atoms with Gasteiger partial charge in [-0.2, -0.15) is 0 Å². The number of nitrogens with two attached hydrogens (primary N) is 1. The van der Waals surface area contributed by atoms with E-state index in [9.17, 15) is 0 Å². The highest BCUT2D eigenvalue weighted by atomic mass is 35.5. The van der Waals surface area contributed by atoms with Crippen molar-refractivity contribution < 1.29 is 0 Å². The highest BCUT2D eigenvalue weighted by molar-refractivity contribution is 6.40. The third kappa shape index (κ3) is 1.88. The van der Waals surface area contributed by atoms with Gasteiger partial charge in [-0.1, -0.05) is 29.3 Å². The number of nitrogens with one attached hydrogen (secondary N) is 1. The van der Waals surface area contributed by atoms with Crippen LogP contribution in [0.1, 0.15) is 0 Å². The summed E-state index contributed by atoms with van der Waals surface area (Å²) in [5.41, 5.74) is 3.27. The number of aliphatic imine (C=N–C) groups is 1. The molecule has 0 saturated heterocycles. The predicted molar refractivity (Wildman–Crippen MR) is 63.4 cm³/mol. The van der Waals surface area contributed by atoms with Gasteiger partial charge in [0.25, 0.3) is 0 Å². The average Bonchev–Trinajstić information content (AvgIpc) is 2.65. The van der Waals surface area contributed by atoms with E-state index in [2.05, 4.69) is 10.4 Å². The summed E-state index contributed by atoms with van der Waals surface area (Å²) in [6, 6.07) is 5.38. The molecule has 0 unspecified atom stereocenters. The summed E-state index contributed by atoms with van der Waals surface area (Å²) >= 11 is 12.2. The zero-order valence-electron chi connectivity index (χ0n) is 7.87. The fraction of sp³-hybridized carbons (Fsp3) is 0.222. The Labute approximate surface area is 97.6 Å². The van der Waals surface area contributed by atoms with Gasteiger partial charge in [0.05, 0.1) is 22.3 Å². The van der Waals surface area contributed by atoms with Crippen LogP contribution >= 0.6 is 23.2 Å². The molecule has 1 aliphatic rings. The van der Waals surface area contributed by atoms with E-state index in [1.165, 1.54) is 0 Å². The van der Waals surface area contributed by atoms with Gasteiger partial charge >= 0.3 is 0 Å². The molecule has 0 amide bonds. The molecular weight excluding hydrogens is 235 g/mol. The number of rotatable bonds is 1. The summed E-state index contributed by atoms with van der Waals surface area (Å²) in [6.07, 6.45) is 0. The minimum Gasteiger partial charge on any atom is -0.307 e. The van der Waals surface area contributed by atoms with Crippen molar-refractivity contribution in [3.63, 3.8) is 0 Å². The summed E-state index contributed by atoms with van der Waals surface area (Å²) in [4.78, 5) is 6.05. The van der Waals surface area contributed by atoms with Crippen LogP contribution in [0.4, 0.5) is 5.69 Å². The summed E-state index contributed by atoms with van der Waals surface area (Å²) in [5.74, 6) is 5.94. The van der Waals surface area contributed by atoms with Gasteiger partial charge in [-0.3, -0.25) is 5.43 Å². The molecule has 15 heavy (non-hydrogen) atoms. The normalized spacial score (nSPS) is 15.4. The van der Waals surface area contributed by atoms with Gasteiger partial charge in [0.15, 0.2) is 0 Å². The lowest BCUT2D eigenvalue weighted by atomic mass is 10.3. The highest BCUT2D eigenvalue weighted by Crippen LogP contribution is 2.34. The molecule has 1 heterocycles. The molecule has 4 nitrogen and oxygen atoms in total. The van der Waals surface area contributed by atoms with Crippen molar-refractivity contribution in [1.82, 2.24) is 5.43 Å². The molecule has 0 atom stereocenters. The largest absolute Gasteiger partial charge is 0.307 e. The summed E-state index contributed by atoms with van der Waals surface area (Å²) < 4.78 is 0. The molecule has 0 radical (unpaired) electrons. The third-order valence-corrected chi connectivity index (χ3v) is 2.79. The van der Waals surface area contributed by atoms with Crippen LogP contribution in [0.3, 0.4) is 0 Å². The second-order valence-corrected chi connectivity index (χ2v) is 3.89. The number of guanidine groups is 1. The fourth-order valence-electron chi connectivity index (χ4n) is 1.54. The first kappa shape index (κ1) is 10.5. The Bertz CT molecular complexity index is 385. The Morgan fingerprint density at radius 3 is 2.60 bits per heavy atom. The Morgan fingerprint density at radius 1 is 1.33 bits per heavy atom. The van der Waals surface area contributed by atoms with Crippen molar-refractivity contribution in [3.8, 4) is 0 Å². The number of para-hydroxylation sites is 1. The number of anilines is 1. The van der Waals surface area contributed by atoms with Crippen molar-refractivity contribution in [1.29, 1.82) is 0 Å². The van der Waals surface area contributed by atoms with E-state index in [0.29, 0.717) is 22.5 Å². The zero-order valence-corrected chi connectivity index (χ0v) is 9.39. The topological polar surface area (TPSA) is 53.6 Å². The van der Waals surface area contributed by atoms with Crippen molar-refractivity contribution in [2.45, 2.75) is 0 Å². The third-order valence-electron chi connectivity index (χ3n) is 2.18. The summed E-state index contributed by atoms with van der Waals surface area (Å²) in [5, 5.41) is 1.18. The van der Waals surface area contributed by atoms with Crippen molar-refractivity contribution in [2.24, 2.45) is 10.8 Å². The van der Waals surface area contributed by atoms with E-state index in [-0.39, 0.29) is 0 Å². The van der Waals surface area contributed by atoms with E-state index in [1.807, 2.05) is 4.90 Å². The van der Waals surface area contributed by atoms with Gasteiger partial charge < -0.3 is 4.90 Å². The first-order valence-corrected chi connectivity index (χ1v) is 5.22. The van der Waals surface area contributed by atoms with Crippen LogP contribution in [-0.2, 0) is 0 Å². The smallest absolute Gasteiger partial charge is 0.213 e. The molecule has 0 aliphatic carbocycles. The van der Waals surface area contributed by atoms with E-state index >= 15 is 0 Å². The minimum atomic E-state index is 0.588. The van der Waals surface area contributed by atoms with Crippen LogP contribution < -0.4 is 16.2 Å². The van der Waals surface area contributed by atoms with Crippen LogP contribution in [0, 0.1) is 0 Å². The standard InChI is InChI=1S/C9H10Cl2N4/c10-6-2-1-3-7(11)8(6)15-5-4-13-9(15)14-12/h1-3H,4-5,12H2,(H,13,14). The second-order valence-electron chi connectivity index (χ2n) is 3.07. The van der Waals surface area contributed by atoms with Gasteiger partial charge in [-0.15, -0.1) is 0 Å². The molecule has 0 bridgehead atoms. The lowest BCUT2D eigenvalue weighted by Gasteiger charge is -2.21. The molecule has 1 aromatic rings. The number of benzene rings is 1. The number of halogens is 2. The molecule has 1 aliphatic heterocycles. The molecule has 2 rings (SSSR count). The Balaban J connectivity index is 2.41. The molecular formula is C9H10Cl2N4. The molecule has 6 heteroatoms. The highest BCUT2D eigenvalue weighted by Gasteiger charge is 2.22. The summed E-state index contributed by atoms with van der Waals surface area (Å²) in [6.45, 7) is 1.41. The van der Waals surface area contributed by atoms with Crippen molar-refractivity contribution in [3.05, 3.63) is 28.2 Å². The Morgan fingerprint density at radius 2 is 2.00 bits per heavy atom. The molecule has 3 N–H and O–H groups in total. The van der Waals surface area contributed by atoms with Crippen molar-refractivity contribution in [2.75, 3.05) is 18.0 Å². The number of hydrogen-bond acceptors (Lipinski definition) is 4. The van der Waals surface area contributed by atoms with Gasteiger partial charge in [0.1, 0.15) is 0 Å². The average molecular weight is 245 g/mol. The first-order valence-electron chi connectivity index (χ1n) is 4.46. The maximum atomic E-state index is 6.08. The summed E-state index contributed by atoms with van der Waals surface area (Å²) in [7, 11) is 0. The van der Waals surface area contributed by atoms with Crippen molar-refractivity contribution >= 4 is 34.8 Å². The Hall–Kier alpha value is -0.970. The maximum Gasteiger partial charge on any atom is 0.213 e. The van der Waals surface area contributed by atoms with E-state index in [0.717, 1.165) is 12.2 Å². The zero-order chi connectivity index (χ0) is 10.8. The molecule has 0 spiro atoms. The lowest BCUT2D eigenvalue weighted by molar-refractivity contribution is 0.976. The van der Waals surface area contributed by atoms with Gasteiger partial charge in [-0.25, -0.2) is 10.8 Å². The number of hydrazine groups is 1. The monoisotopic (exact) mass is 244 g/mol. The van der Waals surface area contributed by atoms with E-state index in [1.54, 1.807) is 18.2 Å². The van der Waals surface area contributed by atoms with Gasteiger partial charge in [0, 0.05) is 6.54 Å². The molecule has 0 fully saturated rings. The SMILES string of the molecule is NNC1=NCCN1c1c(Cl)cccc1Cl. The number of nitrogens with zero attached hydrogens (tertiary/aromatic N) is 2. The van der Waals surface area contributed by atoms with Crippen LogP contribution in [0.25, 0.3) is 0 Å². The molecule has 0 aromatic heterocycles. The van der Waals surface area contributed by atoms with Gasteiger partial charge in [0.2, 0.25) is 5.96 Å². The van der Waals surface area contributed by atoms with E-state index < -0.39 is 0 Å². The lowest BCUT2D eigenvalue weighted by Crippen LogP contribution is -2.42. The molecule has 1 aromatic carbocycles.